The summed E-state index contributed by atoms with van der Waals surface area (Å²) in [6.45, 7) is 6.54. The highest BCUT2D eigenvalue weighted by molar-refractivity contribution is 7.11. The molecule has 2 aromatic heterocycles. The molecule has 2 aromatic rings. The first-order valence-electron chi connectivity index (χ1n) is 6.20. The highest BCUT2D eigenvalue weighted by Crippen LogP contribution is 2.16. The van der Waals surface area contributed by atoms with E-state index in [1.54, 1.807) is 17.5 Å². The predicted molar refractivity (Wildman–Crippen MR) is 76.6 cm³/mol. The third kappa shape index (κ3) is 3.38. The predicted octanol–water partition coefficient (Wildman–Crippen LogP) is 2.44. The Kier molecular flexibility index (Phi) is 4.27. The van der Waals surface area contributed by atoms with Crippen molar-refractivity contribution in [3.05, 3.63) is 45.2 Å². The standard InChI is InChI=1S/C14H17N3OS/c1-9-5-4-7-15-13(9)14(18)16-8-6-12-17-10(2)11(3)19-12/h4-5,7H,6,8H2,1-3H3,(H,16,18). The summed E-state index contributed by atoms with van der Waals surface area (Å²) >= 11 is 1.69. The van der Waals surface area contributed by atoms with Gasteiger partial charge in [-0.2, -0.15) is 0 Å². The zero-order valence-corrected chi connectivity index (χ0v) is 12.2. The summed E-state index contributed by atoms with van der Waals surface area (Å²) in [5.74, 6) is -0.122. The number of amides is 1. The van der Waals surface area contributed by atoms with Crippen molar-refractivity contribution in [2.75, 3.05) is 6.54 Å². The van der Waals surface area contributed by atoms with E-state index >= 15 is 0 Å². The Balaban J connectivity index is 1.89. The average Bonchev–Trinajstić information content (AvgIpc) is 2.69. The largest absolute Gasteiger partial charge is 0.350 e. The number of nitrogens with zero attached hydrogens (tertiary/aromatic N) is 2. The zero-order valence-electron chi connectivity index (χ0n) is 11.4. The van der Waals surface area contributed by atoms with Crippen molar-refractivity contribution in [2.45, 2.75) is 27.2 Å². The van der Waals surface area contributed by atoms with Crippen LogP contribution in [-0.4, -0.2) is 22.4 Å². The Bertz CT molecular complexity index is 573. The lowest BCUT2D eigenvalue weighted by Gasteiger charge is -2.05. The Morgan fingerprint density at radius 2 is 2.16 bits per heavy atom. The van der Waals surface area contributed by atoms with Crippen molar-refractivity contribution in [1.29, 1.82) is 0 Å². The second kappa shape index (κ2) is 5.93. The van der Waals surface area contributed by atoms with Crippen LogP contribution in [0.1, 0.15) is 31.6 Å². The molecule has 0 spiro atoms. The van der Waals surface area contributed by atoms with E-state index in [0.29, 0.717) is 12.2 Å². The van der Waals surface area contributed by atoms with Crippen LogP contribution in [0.4, 0.5) is 0 Å². The summed E-state index contributed by atoms with van der Waals surface area (Å²) in [6, 6.07) is 3.71. The van der Waals surface area contributed by atoms with E-state index in [-0.39, 0.29) is 5.91 Å². The Morgan fingerprint density at radius 3 is 2.79 bits per heavy atom. The van der Waals surface area contributed by atoms with Crippen LogP contribution in [0.3, 0.4) is 0 Å². The van der Waals surface area contributed by atoms with Gasteiger partial charge < -0.3 is 5.32 Å². The van der Waals surface area contributed by atoms with Crippen molar-refractivity contribution >= 4 is 17.2 Å². The van der Waals surface area contributed by atoms with Crippen LogP contribution >= 0.6 is 11.3 Å². The highest BCUT2D eigenvalue weighted by Gasteiger charge is 2.10. The van der Waals surface area contributed by atoms with Crippen LogP contribution in [0.2, 0.25) is 0 Å². The monoisotopic (exact) mass is 275 g/mol. The van der Waals surface area contributed by atoms with Gasteiger partial charge in [-0.3, -0.25) is 9.78 Å². The van der Waals surface area contributed by atoms with Crippen molar-refractivity contribution in [1.82, 2.24) is 15.3 Å². The van der Waals surface area contributed by atoms with Gasteiger partial charge in [-0.1, -0.05) is 6.07 Å². The number of thiazole rings is 1. The lowest BCUT2D eigenvalue weighted by molar-refractivity contribution is 0.0948. The highest BCUT2D eigenvalue weighted by atomic mass is 32.1. The fourth-order valence-corrected chi connectivity index (χ4v) is 2.67. The first-order chi connectivity index (χ1) is 9.08. The number of hydrogen-bond acceptors (Lipinski definition) is 4. The zero-order chi connectivity index (χ0) is 13.8. The molecule has 0 unspecified atom stereocenters. The van der Waals surface area contributed by atoms with Crippen LogP contribution in [0.5, 0.6) is 0 Å². The molecule has 4 nitrogen and oxygen atoms in total. The van der Waals surface area contributed by atoms with E-state index in [1.165, 1.54) is 4.88 Å². The van der Waals surface area contributed by atoms with E-state index < -0.39 is 0 Å². The summed E-state index contributed by atoms with van der Waals surface area (Å²) in [7, 11) is 0. The molecule has 2 rings (SSSR count). The first-order valence-corrected chi connectivity index (χ1v) is 7.02. The molecule has 0 aliphatic heterocycles. The first kappa shape index (κ1) is 13.7. The van der Waals surface area contributed by atoms with Crippen LogP contribution in [0.25, 0.3) is 0 Å². The summed E-state index contributed by atoms with van der Waals surface area (Å²) in [5, 5.41) is 3.95. The maximum atomic E-state index is 11.9. The molecule has 5 heteroatoms. The SMILES string of the molecule is Cc1cccnc1C(=O)NCCc1nc(C)c(C)s1. The molecule has 1 N–H and O–H groups in total. The molecular formula is C14H17N3OS. The summed E-state index contributed by atoms with van der Waals surface area (Å²) in [5.41, 5.74) is 2.46. The molecule has 2 heterocycles. The lowest BCUT2D eigenvalue weighted by Crippen LogP contribution is -2.27. The fourth-order valence-electron chi connectivity index (χ4n) is 1.74. The summed E-state index contributed by atoms with van der Waals surface area (Å²) in [6.07, 6.45) is 2.40. The number of carbonyl (C=O) groups is 1. The summed E-state index contributed by atoms with van der Waals surface area (Å²) < 4.78 is 0. The number of hydrogen-bond donors (Lipinski definition) is 1. The van der Waals surface area contributed by atoms with Crippen LogP contribution in [0, 0.1) is 20.8 Å². The van der Waals surface area contributed by atoms with E-state index in [9.17, 15) is 4.79 Å². The fraction of sp³-hybridized carbons (Fsp3) is 0.357. The molecule has 1 amide bonds. The van der Waals surface area contributed by atoms with Crippen molar-refractivity contribution in [2.24, 2.45) is 0 Å². The number of nitrogens with one attached hydrogen (secondary N) is 1. The topological polar surface area (TPSA) is 54.9 Å². The number of carbonyl (C=O) groups excluding carboxylic acids is 1. The number of aromatic nitrogens is 2. The molecule has 0 fully saturated rings. The maximum absolute atomic E-state index is 11.9. The Morgan fingerprint density at radius 1 is 1.37 bits per heavy atom. The molecule has 0 aliphatic rings. The van der Waals surface area contributed by atoms with Crippen molar-refractivity contribution in [3.63, 3.8) is 0 Å². The third-order valence-electron chi connectivity index (χ3n) is 2.92. The maximum Gasteiger partial charge on any atom is 0.270 e. The van der Waals surface area contributed by atoms with Gasteiger partial charge in [0.2, 0.25) is 0 Å². The lowest BCUT2D eigenvalue weighted by atomic mass is 10.2. The molecule has 100 valence electrons. The van der Waals surface area contributed by atoms with Crippen molar-refractivity contribution in [3.8, 4) is 0 Å². The van der Waals surface area contributed by atoms with Crippen LogP contribution in [0.15, 0.2) is 18.3 Å². The van der Waals surface area contributed by atoms with Gasteiger partial charge in [-0.25, -0.2) is 4.98 Å². The van der Waals surface area contributed by atoms with E-state index in [1.807, 2.05) is 26.0 Å². The van der Waals surface area contributed by atoms with Gasteiger partial charge in [0.25, 0.3) is 5.91 Å². The molecule has 0 saturated carbocycles. The molecule has 0 radical (unpaired) electrons. The van der Waals surface area contributed by atoms with Crippen LogP contribution in [-0.2, 0) is 6.42 Å². The third-order valence-corrected chi connectivity index (χ3v) is 4.05. The molecule has 19 heavy (non-hydrogen) atoms. The number of rotatable bonds is 4. The van der Waals surface area contributed by atoms with Gasteiger partial charge in [0, 0.05) is 24.0 Å². The van der Waals surface area contributed by atoms with Gasteiger partial charge >= 0.3 is 0 Å². The van der Waals surface area contributed by atoms with Gasteiger partial charge in [0.05, 0.1) is 10.7 Å². The van der Waals surface area contributed by atoms with E-state index in [0.717, 1.165) is 22.7 Å². The van der Waals surface area contributed by atoms with Gasteiger partial charge in [-0.15, -0.1) is 11.3 Å². The molecular weight excluding hydrogens is 258 g/mol. The van der Waals surface area contributed by atoms with Gasteiger partial charge in [0.15, 0.2) is 0 Å². The normalized spacial score (nSPS) is 10.5. The molecule has 0 aliphatic carbocycles. The molecule has 0 atom stereocenters. The minimum Gasteiger partial charge on any atom is -0.350 e. The van der Waals surface area contributed by atoms with Gasteiger partial charge in [0.1, 0.15) is 5.69 Å². The smallest absolute Gasteiger partial charge is 0.270 e. The van der Waals surface area contributed by atoms with Crippen LogP contribution < -0.4 is 5.32 Å². The Hall–Kier alpha value is -1.75. The molecule has 0 saturated heterocycles. The number of pyridine rings is 1. The molecule has 0 bridgehead atoms. The number of aryl methyl sites for hydroxylation is 3. The quantitative estimate of drug-likeness (QED) is 0.932. The van der Waals surface area contributed by atoms with E-state index in [4.69, 9.17) is 0 Å². The molecule has 0 aromatic carbocycles. The minimum atomic E-state index is -0.122. The second-order valence-electron chi connectivity index (χ2n) is 4.42. The minimum absolute atomic E-state index is 0.122. The average molecular weight is 275 g/mol. The van der Waals surface area contributed by atoms with E-state index in [2.05, 4.69) is 22.2 Å². The van der Waals surface area contributed by atoms with Crippen molar-refractivity contribution < 1.29 is 4.79 Å². The Labute approximate surface area is 116 Å². The second-order valence-corrected chi connectivity index (χ2v) is 5.71. The van der Waals surface area contributed by atoms with Gasteiger partial charge in [-0.05, 0) is 32.4 Å². The summed E-state index contributed by atoms with van der Waals surface area (Å²) in [4.78, 5) is 21.7.